The van der Waals surface area contributed by atoms with Crippen molar-refractivity contribution < 1.29 is 5.11 Å². The van der Waals surface area contributed by atoms with E-state index in [1.807, 2.05) is 6.07 Å². The van der Waals surface area contributed by atoms with E-state index in [9.17, 15) is 5.11 Å². The molecule has 0 aliphatic heterocycles. The van der Waals surface area contributed by atoms with Gasteiger partial charge in [-0.25, -0.2) is 0 Å². The molecule has 0 amide bonds. The first-order valence-electron chi connectivity index (χ1n) is 6.64. The molecule has 94 valence electrons. The smallest absolute Gasteiger partial charge is 0.0582 e. The Bertz CT molecular complexity index is 319. The highest BCUT2D eigenvalue weighted by molar-refractivity contribution is 9.09. The Balaban J connectivity index is 1.87. The lowest BCUT2D eigenvalue weighted by Gasteiger charge is -2.28. The lowest BCUT2D eigenvalue weighted by molar-refractivity contribution is 0.0773. The second-order valence-corrected chi connectivity index (χ2v) is 6.18. The number of hydrogen-bond donors (Lipinski definition) is 1. The number of aliphatic hydroxyl groups excluding tert-OH is 1. The fraction of sp³-hybridized carbons (Fsp3) is 0.600. The van der Waals surface area contributed by atoms with Gasteiger partial charge < -0.3 is 5.11 Å². The number of hydrogen-bond acceptors (Lipinski definition) is 1. The Kier molecular flexibility index (Phi) is 5.05. The highest BCUT2D eigenvalue weighted by atomic mass is 79.9. The lowest BCUT2D eigenvalue weighted by Crippen LogP contribution is -2.23. The fourth-order valence-electron chi connectivity index (χ4n) is 2.72. The van der Waals surface area contributed by atoms with Crippen LogP contribution in [0.2, 0.25) is 0 Å². The molecule has 17 heavy (non-hydrogen) atoms. The van der Waals surface area contributed by atoms with Gasteiger partial charge in [0.05, 0.1) is 6.10 Å². The summed E-state index contributed by atoms with van der Waals surface area (Å²) in [6, 6.07) is 10.4. The molecular weight excluding hydrogens is 276 g/mol. The molecule has 0 radical (unpaired) electrons. The van der Waals surface area contributed by atoms with Crippen molar-refractivity contribution in [1.29, 1.82) is 0 Å². The Morgan fingerprint density at radius 3 is 2.41 bits per heavy atom. The average molecular weight is 297 g/mol. The summed E-state index contributed by atoms with van der Waals surface area (Å²) in [4.78, 5) is 0.278. The molecule has 0 spiro atoms. The van der Waals surface area contributed by atoms with Gasteiger partial charge in [-0.1, -0.05) is 65.5 Å². The van der Waals surface area contributed by atoms with Crippen molar-refractivity contribution in [3.63, 3.8) is 0 Å². The minimum atomic E-state index is -0.153. The number of rotatable bonds is 4. The molecule has 0 heterocycles. The van der Waals surface area contributed by atoms with Crippen LogP contribution in [-0.2, 0) is 0 Å². The maximum atomic E-state index is 10.3. The van der Waals surface area contributed by atoms with Gasteiger partial charge in [0.1, 0.15) is 0 Å². The van der Waals surface area contributed by atoms with Gasteiger partial charge in [0.25, 0.3) is 0 Å². The van der Waals surface area contributed by atoms with Crippen molar-refractivity contribution >= 4 is 15.9 Å². The van der Waals surface area contributed by atoms with E-state index >= 15 is 0 Å². The molecule has 1 aromatic carbocycles. The molecule has 2 atom stereocenters. The third kappa shape index (κ3) is 3.82. The summed E-state index contributed by atoms with van der Waals surface area (Å²) in [5.74, 6) is 0.521. The second-order valence-electron chi connectivity index (χ2n) is 5.08. The van der Waals surface area contributed by atoms with Crippen LogP contribution in [0.25, 0.3) is 0 Å². The zero-order valence-corrected chi connectivity index (χ0v) is 11.8. The van der Waals surface area contributed by atoms with Crippen LogP contribution in [-0.4, -0.2) is 11.2 Å². The molecule has 1 N–H and O–H groups in total. The fourth-order valence-corrected chi connectivity index (χ4v) is 3.41. The standard InChI is InChI=1S/C15H21BrO/c16-14(12-7-3-1-4-8-12)11-15(17)13-9-5-2-6-10-13/h1,3-4,7-8,13-15,17H,2,5-6,9-11H2/t14-,15-/m0/s1. The molecule has 1 aliphatic rings. The third-order valence-corrected chi connectivity index (χ3v) is 4.71. The summed E-state index contributed by atoms with van der Waals surface area (Å²) in [6.07, 6.45) is 7.01. The Hall–Kier alpha value is -0.340. The summed E-state index contributed by atoms with van der Waals surface area (Å²) >= 11 is 3.69. The minimum absolute atomic E-state index is 0.153. The summed E-state index contributed by atoms with van der Waals surface area (Å²) < 4.78 is 0. The monoisotopic (exact) mass is 296 g/mol. The van der Waals surface area contributed by atoms with Crippen molar-refractivity contribution in [2.24, 2.45) is 5.92 Å². The lowest BCUT2D eigenvalue weighted by atomic mass is 9.83. The van der Waals surface area contributed by atoms with Crippen LogP contribution < -0.4 is 0 Å². The van der Waals surface area contributed by atoms with Crippen molar-refractivity contribution in [1.82, 2.24) is 0 Å². The molecule has 1 nitrogen and oxygen atoms in total. The van der Waals surface area contributed by atoms with Crippen LogP contribution >= 0.6 is 15.9 Å². The van der Waals surface area contributed by atoms with E-state index in [1.165, 1.54) is 37.7 Å². The van der Waals surface area contributed by atoms with Crippen molar-refractivity contribution in [3.8, 4) is 0 Å². The van der Waals surface area contributed by atoms with E-state index in [1.54, 1.807) is 0 Å². The summed E-state index contributed by atoms with van der Waals surface area (Å²) in [5, 5.41) is 10.3. The van der Waals surface area contributed by atoms with Gasteiger partial charge in [-0.15, -0.1) is 0 Å². The van der Waals surface area contributed by atoms with Crippen LogP contribution in [0, 0.1) is 5.92 Å². The minimum Gasteiger partial charge on any atom is -0.393 e. The quantitative estimate of drug-likeness (QED) is 0.814. The maximum Gasteiger partial charge on any atom is 0.0582 e. The zero-order chi connectivity index (χ0) is 12.1. The first-order valence-corrected chi connectivity index (χ1v) is 7.56. The van der Waals surface area contributed by atoms with E-state index in [0.29, 0.717) is 5.92 Å². The van der Waals surface area contributed by atoms with Crippen molar-refractivity contribution in [3.05, 3.63) is 35.9 Å². The Labute approximate surface area is 112 Å². The van der Waals surface area contributed by atoms with Crippen LogP contribution in [0.4, 0.5) is 0 Å². The van der Waals surface area contributed by atoms with Crippen molar-refractivity contribution in [2.45, 2.75) is 49.5 Å². The molecule has 1 aromatic rings. The number of alkyl halides is 1. The molecule has 1 saturated carbocycles. The number of benzene rings is 1. The first-order chi connectivity index (χ1) is 8.27. The summed E-state index contributed by atoms with van der Waals surface area (Å²) in [7, 11) is 0. The van der Waals surface area contributed by atoms with Crippen molar-refractivity contribution in [2.75, 3.05) is 0 Å². The highest BCUT2D eigenvalue weighted by Gasteiger charge is 2.24. The maximum absolute atomic E-state index is 10.3. The molecule has 1 aliphatic carbocycles. The largest absolute Gasteiger partial charge is 0.393 e. The second kappa shape index (κ2) is 6.55. The third-order valence-electron chi connectivity index (χ3n) is 3.80. The number of aliphatic hydroxyl groups is 1. The van der Waals surface area contributed by atoms with E-state index in [-0.39, 0.29) is 10.9 Å². The van der Waals surface area contributed by atoms with Crippen LogP contribution in [0.1, 0.15) is 48.9 Å². The van der Waals surface area contributed by atoms with E-state index in [0.717, 1.165) is 6.42 Å². The van der Waals surface area contributed by atoms with E-state index < -0.39 is 0 Å². The molecule has 1 fully saturated rings. The van der Waals surface area contributed by atoms with Gasteiger partial charge in [0.15, 0.2) is 0 Å². The SMILES string of the molecule is O[C@@H](C[C@H](Br)c1ccccc1)C1CCCCC1. The number of halogens is 1. The van der Waals surface area contributed by atoms with Crippen LogP contribution in [0.5, 0.6) is 0 Å². The van der Waals surface area contributed by atoms with Gasteiger partial charge in [-0.2, -0.15) is 0 Å². The molecule has 2 heteroatoms. The Morgan fingerprint density at radius 1 is 1.12 bits per heavy atom. The van der Waals surface area contributed by atoms with Gasteiger partial charge in [-0.05, 0) is 30.7 Å². The zero-order valence-electron chi connectivity index (χ0n) is 10.2. The predicted molar refractivity (Wildman–Crippen MR) is 75.3 cm³/mol. The van der Waals surface area contributed by atoms with Crippen LogP contribution in [0.15, 0.2) is 30.3 Å². The van der Waals surface area contributed by atoms with Crippen LogP contribution in [0.3, 0.4) is 0 Å². The molecule has 2 rings (SSSR count). The molecule has 0 saturated heterocycles. The van der Waals surface area contributed by atoms with Gasteiger partial charge in [0.2, 0.25) is 0 Å². The summed E-state index contributed by atoms with van der Waals surface area (Å²) in [5.41, 5.74) is 1.27. The Morgan fingerprint density at radius 2 is 1.76 bits per heavy atom. The van der Waals surface area contributed by atoms with Gasteiger partial charge in [-0.3, -0.25) is 0 Å². The van der Waals surface area contributed by atoms with Gasteiger partial charge >= 0.3 is 0 Å². The predicted octanol–water partition coefficient (Wildman–Crippen LogP) is 4.45. The van der Waals surface area contributed by atoms with Gasteiger partial charge in [0, 0.05) is 4.83 Å². The molecule has 0 aromatic heterocycles. The topological polar surface area (TPSA) is 20.2 Å². The summed E-state index contributed by atoms with van der Waals surface area (Å²) in [6.45, 7) is 0. The molecule has 0 unspecified atom stereocenters. The molecular formula is C15H21BrO. The van der Waals surface area contributed by atoms with E-state index in [2.05, 4.69) is 40.2 Å². The molecule has 0 bridgehead atoms. The average Bonchev–Trinajstić information content (AvgIpc) is 2.40. The highest BCUT2D eigenvalue weighted by Crippen LogP contribution is 2.34. The van der Waals surface area contributed by atoms with E-state index in [4.69, 9.17) is 0 Å². The normalized spacial score (nSPS) is 21.1. The first kappa shape index (κ1) is 13.1.